The molecule has 0 atom stereocenters. The molecule has 7 heteroatoms. The van der Waals surface area contributed by atoms with Gasteiger partial charge in [-0.05, 0) is 13.8 Å². The van der Waals surface area contributed by atoms with Crippen LogP contribution in [0.4, 0.5) is 4.79 Å². The molecule has 0 aliphatic heterocycles. The minimum Gasteiger partial charge on any atom is -0.333 e. The zero-order valence-corrected chi connectivity index (χ0v) is 7.16. The summed E-state index contributed by atoms with van der Waals surface area (Å²) in [4.78, 5) is 34.2. The van der Waals surface area contributed by atoms with Crippen molar-refractivity contribution in [1.29, 1.82) is 0 Å². The van der Waals surface area contributed by atoms with Crippen molar-refractivity contribution in [1.82, 2.24) is 15.0 Å². The lowest BCUT2D eigenvalue weighted by Crippen LogP contribution is -2.38. The highest BCUT2D eigenvalue weighted by molar-refractivity contribution is 5.74. The molecular formula is C6H9N3O4. The molecule has 0 aliphatic rings. The summed E-state index contributed by atoms with van der Waals surface area (Å²) in [5.41, 5.74) is -0.886. The van der Waals surface area contributed by atoms with Crippen molar-refractivity contribution >= 4 is 6.03 Å². The minimum atomic E-state index is -0.955. The molecule has 0 unspecified atom stereocenters. The van der Waals surface area contributed by atoms with Crippen LogP contribution >= 0.6 is 0 Å². The van der Waals surface area contributed by atoms with Gasteiger partial charge in [0.15, 0.2) is 0 Å². The maximum absolute atomic E-state index is 11.1. The molecule has 0 bridgehead atoms. The summed E-state index contributed by atoms with van der Waals surface area (Å²) in [6.07, 6.45) is 0. The Morgan fingerprint density at radius 1 is 1.54 bits per heavy atom. The lowest BCUT2D eigenvalue weighted by Gasteiger charge is -2.04. The lowest BCUT2D eigenvalue weighted by atomic mass is 10.4. The third kappa shape index (κ3) is 2.08. The van der Waals surface area contributed by atoms with Crippen molar-refractivity contribution in [2.45, 2.75) is 19.9 Å². The van der Waals surface area contributed by atoms with Gasteiger partial charge in [0, 0.05) is 6.04 Å². The summed E-state index contributed by atoms with van der Waals surface area (Å²) < 4.78 is 4.59. The highest BCUT2D eigenvalue weighted by Crippen LogP contribution is 1.79. The van der Waals surface area contributed by atoms with Crippen LogP contribution in [0.3, 0.4) is 0 Å². The van der Waals surface area contributed by atoms with E-state index in [0.29, 0.717) is 4.74 Å². The number of carbonyl (C=O) groups is 1. The van der Waals surface area contributed by atoms with E-state index in [1.165, 1.54) is 0 Å². The zero-order valence-electron chi connectivity index (χ0n) is 7.16. The normalized spacial score (nSPS) is 10.4. The number of hydrogen-bond acceptors (Lipinski definition) is 4. The monoisotopic (exact) mass is 187 g/mol. The lowest BCUT2D eigenvalue weighted by molar-refractivity contribution is 0.202. The number of nitrogens with one attached hydrogen (secondary N) is 2. The SMILES string of the molecule is CC(C)NC(=O)n1oc(=O)[nH]c1=O. The third-order valence-electron chi connectivity index (χ3n) is 1.16. The Hall–Kier alpha value is -1.79. The molecule has 0 spiro atoms. The molecule has 7 nitrogen and oxygen atoms in total. The quantitative estimate of drug-likeness (QED) is 0.595. The molecule has 1 rings (SSSR count). The van der Waals surface area contributed by atoms with Crippen LogP contribution in [-0.2, 0) is 0 Å². The predicted octanol–water partition coefficient (Wildman–Crippen LogP) is -0.904. The molecule has 1 aromatic heterocycles. The van der Waals surface area contributed by atoms with Crippen LogP contribution in [0.2, 0.25) is 0 Å². The Balaban J connectivity index is 2.95. The van der Waals surface area contributed by atoms with Gasteiger partial charge in [-0.15, -0.1) is 0 Å². The fourth-order valence-electron chi connectivity index (χ4n) is 0.725. The molecule has 72 valence electrons. The summed E-state index contributed by atoms with van der Waals surface area (Å²) in [6, 6.07) is -0.905. The van der Waals surface area contributed by atoms with E-state index in [1.54, 1.807) is 18.8 Å². The maximum atomic E-state index is 11.1. The van der Waals surface area contributed by atoms with Gasteiger partial charge in [0.1, 0.15) is 0 Å². The number of rotatable bonds is 1. The Labute approximate surface area is 72.3 Å². The fraction of sp³-hybridized carbons (Fsp3) is 0.500. The van der Waals surface area contributed by atoms with Crippen molar-refractivity contribution < 1.29 is 9.32 Å². The van der Waals surface area contributed by atoms with Crippen molar-refractivity contribution in [3.63, 3.8) is 0 Å². The molecule has 0 aliphatic carbocycles. The van der Waals surface area contributed by atoms with E-state index in [1.807, 2.05) is 0 Å². The average molecular weight is 187 g/mol. The van der Waals surface area contributed by atoms with Crippen molar-refractivity contribution in [3.05, 3.63) is 21.0 Å². The number of amides is 1. The van der Waals surface area contributed by atoms with Gasteiger partial charge in [-0.2, -0.15) is 0 Å². The van der Waals surface area contributed by atoms with Crippen LogP contribution in [0.25, 0.3) is 0 Å². The topological polar surface area (TPSA) is 97.1 Å². The van der Waals surface area contributed by atoms with E-state index in [-0.39, 0.29) is 6.04 Å². The smallest absolute Gasteiger partial charge is 0.333 e. The van der Waals surface area contributed by atoms with Gasteiger partial charge in [0.05, 0.1) is 0 Å². The molecule has 1 amide bonds. The summed E-state index contributed by atoms with van der Waals surface area (Å²) in [5.74, 6) is -0.955. The maximum Gasteiger partial charge on any atom is 0.440 e. The molecule has 1 aromatic rings. The average Bonchev–Trinajstić information content (AvgIpc) is 2.28. The van der Waals surface area contributed by atoms with Gasteiger partial charge in [-0.1, -0.05) is 4.74 Å². The first kappa shape index (κ1) is 9.30. The first-order valence-corrected chi connectivity index (χ1v) is 3.64. The number of carbonyl (C=O) groups excluding carboxylic acids is 1. The fourth-order valence-corrected chi connectivity index (χ4v) is 0.725. The molecule has 0 saturated carbocycles. The molecule has 13 heavy (non-hydrogen) atoms. The summed E-state index contributed by atoms with van der Waals surface area (Å²) >= 11 is 0. The van der Waals surface area contributed by atoms with Gasteiger partial charge < -0.3 is 9.84 Å². The van der Waals surface area contributed by atoms with Gasteiger partial charge in [-0.3, -0.25) is 0 Å². The first-order valence-electron chi connectivity index (χ1n) is 3.64. The van der Waals surface area contributed by atoms with Crippen molar-refractivity contribution in [3.8, 4) is 0 Å². The molecule has 0 saturated heterocycles. The molecule has 1 heterocycles. The number of nitrogens with zero attached hydrogens (tertiary/aromatic N) is 1. The minimum absolute atomic E-state index is 0.139. The van der Waals surface area contributed by atoms with Crippen molar-refractivity contribution in [2.75, 3.05) is 0 Å². The highest BCUT2D eigenvalue weighted by Gasteiger charge is 2.12. The second-order valence-electron chi connectivity index (χ2n) is 2.71. The van der Waals surface area contributed by atoms with Crippen LogP contribution in [0, 0.1) is 0 Å². The van der Waals surface area contributed by atoms with E-state index in [2.05, 4.69) is 9.84 Å². The van der Waals surface area contributed by atoms with E-state index < -0.39 is 17.5 Å². The van der Waals surface area contributed by atoms with Crippen LogP contribution in [0.15, 0.2) is 14.1 Å². The Bertz CT molecular complexity index is 410. The number of hydrogen-bond donors (Lipinski definition) is 2. The van der Waals surface area contributed by atoms with Crippen molar-refractivity contribution in [2.24, 2.45) is 0 Å². The molecule has 0 aromatic carbocycles. The Morgan fingerprint density at radius 2 is 2.15 bits per heavy atom. The van der Waals surface area contributed by atoms with Gasteiger partial charge >= 0.3 is 17.5 Å². The molecule has 0 fully saturated rings. The first-order chi connectivity index (χ1) is 6.00. The molecule has 0 radical (unpaired) electrons. The van der Waals surface area contributed by atoms with Crippen LogP contribution in [0.1, 0.15) is 13.8 Å². The van der Waals surface area contributed by atoms with Gasteiger partial charge in [0.25, 0.3) is 0 Å². The van der Waals surface area contributed by atoms with E-state index in [0.717, 1.165) is 0 Å². The van der Waals surface area contributed by atoms with Crippen LogP contribution in [0.5, 0.6) is 0 Å². The van der Waals surface area contributed by atoms with Gasteiger partial charge in [0.2, 0.25) is 0 Å². The largest absolute Gasteiger partial charge is 0.440 e. The Kier molecular flexibility index (Phi) is 2.36. The Morgan fingerprint density at radius 3 is 2.54 bits per heavy atom. The summed E-state index contributed by atoms with van der Waals surface area (Å²) in [5, 5.41) is 2.38. The number of aromatic amines is 1. The summed E-state index contributed by atoms with van der Waals surface area (Å²) in [7, 11) is 0. The molecular weight excluding hydrogens is 178 g/mol. The second-order valence-corrected chi connectivity index (χ2v) is 2.71. The number of aromatic nitrogens is 2. The summed E-state index contributed by atoms with van der Waals surface area (Å²) in [6.45, 7) is 3.43. The van der Waals surface area contributed by atoms with Crippen LogP contribution in [-0.4, -0.2) is 21.8 Å². The zero-order chi connectivity index (χ0) is 10.0. The third-order valence-corrected chi connectivity index (χ3v) is 1.16. The predicted molar refractivity (Wildman–Crippen MR) is 42.7 cm³/mol. The second kappa shape index (κ2) is 3.30. The standard InChI is InChI=1S/C6H9N3O4/c1-3(2)7-4(10)9-5(11)8-6(12)13-9/h3H,1-2H3,(H,7,10)(H,8,11,12). The highest BCUT2D eigenvalue weighted by atomic mass is 16.5. The number of H-pyrrole nitrogens is 1. The van der Waals surface area contributed by atoms with E-state index in [9.17, 15) is 14.4 Å². The van der Waals surface area contributed by atoms with Gasteiger partial charge in [-0.25, -0.2) is 19.4 Å². The van der Waals surface area contributed by atoms with Crippen LogP contribution < -0.4 is 16.8 Å². The van der Waals surface area contributed by atoms with E-state index in [4.69, 9.17) is 0 Å². The van der Waals surface area contributed by atoms with E-state index >= 15 is 0 Å². The molecule has 2 N–H and O–H groups in total.